The second-order valence-corrected chi connectivity index (χ2v) is 4.72. The van der Waals surface area contributed by atoms with Crippen molar-refractivity contribution in [1.82, 2.24) is 4.98 Å². The lowest BCUT2D eigenvalue weighted by molar-refractivity contribution is 0.103. The molecule has 2 aromatic rings. The minimum atomic E-state index is -0.0757. The molecule has 0 saturated heterocycles. The van der Waals surface area contributed by atoms with Gasteiger partial charge in [-0.15, -0.1) is 0 Å². The van der Waals surface area contributed by atoms with E-state index in [0.29, 0.717) is 16.9 Å². The number of ketones is 1. The van der Waals surface area contributed by atoms with Gasteiger partial charge in [-0.25, -0.2) is 0 Å². The summed E-state index contributed by atoms with van der Waals surface area (Å²) in [5.74, 6) is 0.579. The normalized spacial score (nSPS) is 10.2. The van der Waals surface area contributed by atoms with E-state index in [-0.39, 0.29) is 5.78 Å². The quantitative estimate of drug-likeness (QED) is 0.816. The average molecular weight is 306 g/mol. The van der Waals surface area contributed by atoms with Gasteiger partial charge in [0.05, 0.1) is 7.11 Å². The number of methoxy groups -OCH3 is 1. The van der Waals surface area contributed by atoms with E-state index in [2.05, 4.69) is 20.9 Å². The van der Waals surface area contributed by atoms with Crippen LogP contribution in [0.3, 0.4) is 0 Å². The molecule has 0 unspecified atom stereocenters. The van der Waals surface area contributed by atoms with E-state index in [1.54, 1.807) is 37.6 Å². The number of nitrogens with zero attached hydrogens (tertiary/aromatic N) is 1. The lowest BCUT2D eigenvalue weighted by atomic mass is 10.0. The van der Waals surface area contributed by atoms with Gasteiger partial charge in [-0.2, -0.15) is 0 Å². The molecule has 2 rings (SSSR count). The lowest BCUT2D eigenvalue weighted by Gasteiger charge is -2.06. The molecule has 0 spiro atoms. The van der Waals surface area contributed by atoms with Gasteiger partial charge in [-0.3, -0.25) is 9.78 Å². The molecule has 0 fully saturated rings. The number of ether oxygens (including phenoxy) is 1. The summed E-state index contributed by atoms with van der Waals surface area (Å²) in [5, 5.41) is 0. The first-order chi connectivity index (χ1) is 8.61. The van der Waals surface area contributed by atoms with Crippen LogP contribution in [0.4, 0.5) is 0 Å². The van der Waals surface area contributed by atoms with E-state index >= 15 is 0 Å². The van der Waals surface area contributed by atoms with Gasteiger partial charge in [-0.05, 0) is 37.3 Å². The first-order valence-corrected chi connectivity index (χ1v) is 6.22. The molecule has 0 saturated carbocycles. The highest BCUT2D eigenvalue weighted by atomic mass is 79.9. The summed E-state index contributed by atoms with van der Waals surface area (Å²) in [4.78, 5) is 16.5. The van der Waals surface area contributed by atoms with Gasteiger partial charge in [0.1, 0.15) is 5.75 Å². The molecule has 0 N–H and O–H groups in total. The van der Waals surface area contributed by atoms with Crippen LogP contribution in [0.15, 0.2) is 41.0 Å². The van der Waals surface area contributed by atoms with Gasteiger partial charge in [0.15, 0.2) is 5.78 Å². The van der Waals surface area contributed by atoms with Crippen molar-refractivity contribution in [3.63, 3.8) is 0 Å². The molecule has 18 heavy (non-hydrogen) atoms. The van der Waals surface area contributed by atoms with E-state index < -0.39 is 0 Å². The van der Waals surface area contributed by atoms with Crippen molar-refractivity contribution in [2.45, 2.75) is 6.92 Å². The molecule has 0 aliphatic heterocycles. The molecule has 0 atom stereocenters. The van der Waals surface area contributed by atoms with Crippen LogP contribution >= 0.6 is 15.9 Å². The van der Waals surface area contributed by atoms with Crippen molar-refractivity contribution in [3.05, 3.63) is 57.8 Å². The molecule has 92 valence electrons. The highest BCUT2D eigenvalue weighted by molar-refractivity contribution is 9.10. The Hall–Kier alpha value is -1.68. The minimum absolute atomic E-state index is 0.0757. The largest absolute Gasteiger partial charge is 0.497 e. The molecule has 3 nitrogen and oxygen atoms in total. The summed E-state index contributed by atoms with van der Waals surface area (Å²) < 4.78 is 5.87. The fourth-order valence-electron chi connectivity index (χ4n) is 1.56. The molecular formula is C14H12BrNO2. The topological polar surface area (TPSA) is 39.2 Å². The Bertz CT molecular complexity index is 579. The number of rotatable bonds is 3. The number of halogens is 1. The van der Waals surface area contributed by atoms with E-state index in [1.807, 2.05) is 13.0 Å². The second kappa shape index (κ2) is 5.31. The van der Waals surface area contributed by atoms with Crippen molar-refractivity contribution in [2.24, 2.45) is 0 Å². The molecule has 0 radical (unpaired) electrons. The Balaban J connectivity index is 2.42. The van der Waals surface area contributed by atoms with Gasteiger partial charge in [0, 0.05) is 27.5 Å². The average Bonchev–Trinajstić information content (AvgIpc) is 2.39. The SMILES string of the molecule is COc1ccc(Br)c(C(=O)c2ccc(C)nc2)c1. The van der Waals surface area contributed by atoms with Crippen molar-refractivity contribution in [1.29, 1.82) is 0 Å². The molecule has 1 aromatic heterocycles. The Morgan fingerprint density at radius 2 is 2.06 bits per heavy atom. The van der Waals surface area contributed by atoms with Gasteiger partial charge in [0.25, 0.3) is 0 Å². The number of aryl methyl sites for hydroxylation is 1. The van der Waals surface area contributed by atoms with Gasteiger partial charge in [-0.1, -0.05) is 15.9 Å². The van der Waals surface area contributed by atoms with Crippen LogP contribution in [0, 0.1) is 6.92 Å². The van der Waals surface area contributed by atoms with Crippen LogP contribution in [0.25, 0.3) is 0 Å². The van der Waals surface area contributed by atoms with E-state index in [1.165, 1.54) is 0 Å². The molecule has 1 aromatic carbocycles. The Labute approximate surface area is 114 Å². The monoisotopic (exact) mass is 305 g/mol. The maximum Gasteiger partial charge on any atom is 0.195 e. The summed E-state index contributed by atoms with van der Waals surface area (Å²) in [6.45, 7) is 1.88. The second-order valence-electron chi connectivity index (χ2n) is 3.86. The zero-order valence-electron chi connectivity index (χ0n) is 10.1. The number of benzene rings is 1. The van der Waals surface area contributed by atoms with Gasteiger partial charge >= 0.3 is 0 Å². The van der Waals surface area contributed by atoms with Crippen LogP contribution in [0.5, 0.6) is 5.75 Å². The van der Waals surface area contributed by atoms with E-state index in [9.17, 15) is 4.79 Å². The summed E-state index contributed by atoms with van der Waals surface area (Å²) in [7, 11) is 1.57. The smallest absolute Gasteiger partial charge is 0.195 e. The number of aromatic nitrogens is 1. The molecule has 0 aliphatic carbocycles. The third-order valence-electron chi connectivity index (χ3n) is 2.59. The summed E-state index contributed by atoms with van der Waals surface area (Å²) in [5.41, 5.74) is 2.02. The molecular weight excluding hydrogens is 294 g/mol. The zero-order valence-corrected chi connectivity index (χ0v) is 11.7. The summed E-state index contributed by atoms with van der Waals surface area (Å²) in [6.07, 6.45) is 1.59. The van der Waals surface area contributed by atoms with Gasteiger partial charge < -0.3 is 4.74 Å². The number of carbonyl (C=O) groups excluding carboxylic acids is 1. The maximum atomic E-state index is 12.3. The van der Waals surface area contributed by atoms with Crippen molar-refractivity contribution >= 4 is 21.7 Å². The Morgan fingerprint density at radius 3 is 2.67 bits per heavy atom. The predicted molar refractivity (Wildman–Crippen MR) is 73.1 cm³/mol. The first kappa shape index (κ1) is 12.8. The summed E-state index contributed by atoms with van der Waals surface area (Å²) >= 11 is 3.38. The maximum absolute atomic E-state index is 12.3. The van der Waals surface area contributed by atoms with Crippen LogP contribution in [0.1, 0.15) is 21.6 Å². The fraction of sp³-hybridized carbons (Fsp3) is 0.143. The molecule has 0 aliphatic rings. The van der Waals surface area contributed by atoms with Crippen molar-refractivity contribution < 1.29 is 9.53 Å². The minimum Gasteiger partial charge on any atom is -0.497 e. The number of carbonyl (C=O) groups is 1. The predicted octanol–water partition coefficient (Wildman–Crippen LogP) is 3.39. The highest BCUT2D eigenvalue weighted by Gasteiger charge is 2.13. The van der Waals surface area contributed by atoms with Crippen LogP contribution in [0.2, 0.25) is 0 Å². The van der Waals surface area contributed by atoms with Crippen molar-refractivity contribution in [2.75, 3.05) is 7.11 Å². The number of pyridine rings is 1. The van der Waals surface area contributed by atoms with Crippen LogP contribution in [-0.2, 0) is 0 Å². The van der Waals surface area contributed by atoms with Gasteiger partial charge in [0.2, 0.25) is 0 Å². The molecule has 1 heterocycles. The highest BCUT2D eigenvalue weighted by Crippen LogP contribution is 2.24. The number of hydrogen-bond acceptors (Lipinski definition) is 3. The van der Waals surface area contributed by atoms with Crippen LogP contribution in [-0.4, -0.2) is 17.9 Å². The molecule has 4 heteroatoms. The number of hydrogen-bond donors (Lipinski definition) is 0. The third-order valence-corrected chi connectivity index (χ3v) is 3.28. The Morgan fingerprint density at radius 1 is 1.28 bits per heavy atom. The third kappa shape index (κ3) is 2.59. The summed E-state index contributed by atoms with van der Waals surface area (Å²) in [6, 6.07) is 8.91. The standard InChI is InChI=1S/C14H12BrNO2/c1-9-3-4-10(8-16-9)14(17)12-7-11(18-2)5-6-13(12)15/h3-8H,1-2H3. The van der Waals surface area contributed by atoms with Crippen molar-refractivity contribution in [3.8, 4) is 5.75 Å². The van der Waals surface area contributed by atoms with E-state index in [0.717, 1.165) is 10.2 Å². The lowest BCUT2D eigenvalue weighted by Crippen LogP contribution is -2.03. The zero-order chi connectivity index (χ0) is 13.1. The van der Waals surface area contributed by atoms with E-state index in [4.69, 9.17) is 4.74 Å². The molecule has 0 amide bonds. The fourth-order valence-corrected chi connectivity index (χ4v) is 1.99. The van der Waals surface area contributed by atoms with Crippen LogP contribution < -0.4 is 4.74 Å². The first-order valence-electron chi connectivity index (χ1n) is 5.42. The Kier molecular flexibility index (Phi) is 3.77. The molecule has 0 bridgehead atoms.